The highest BCUT2D eigenvalue weighted by Gasteiger charge is 2.51. The van der Waals surface area contributed by atoms with E-state index in [4.69, 9.17) is 16.2 Å². The van der Waals surface area contributed by atoms with Crippen molar-refractivity contribution in [3.8, 4) is 0 Å². The molecule has 2 aromatic rings. The van der Waals surface area contributed by atoms with Crippen LogP contribution in [0, 0.1) is 0 Å². The molecule has 2 aromatic heterocycles. The number of nitrogen functional groups attached to an aromatic ring is 1. The van der Waals surface area contributed by atoms with E-state index in [1.54, 1.807) is 6.92 Å². The predicted octanol–water partition coefficient (Wildman–Crippen LogP) is -1.62. The van der Waals surface area contributed by atoms with E-state index in [2.05, 4.69) is 15.0 Å². The molecule has 3 heterocycles. The van der Waals surface area contributed by atoms with E-state index in [0.29, 0.717) is 11.2 Å². The van der Waals surface area contributed by atoms with Crippen LogP contribution in [0.25, 0.3) is 11.2 Å². The Bertz CT molecular complexity index is 646. The average molecular weight is 280 g/mol. The Morgan fingerprint density at radius 1 is 1.40 bits per heavy atom. The number of aliphatic hydroxyl groups excluding tert-OH is 2. The predicted molar refractivity (Wildman–Crippen MR) is 69.3 cm³/mol. The van der Waals surface area contributed by atoms with E-state index in [0.717, 1.165) is 0 Å². The van der Waals surface area contributed by atoms with Gasteiger partial charge in [0, 0.05) is 6.54 Å². The Hall–Kier alpha value is -1.81. The maximum Gasteiger partial charge on any atom is 0.167 e. The minimum Gasteiger partial charge on any atom is -0.387 e. The van der Waals surface area contributed by atoms with Crippen LogP contribution in [0.15, 0.2) is 12.7 Å². The van der Waals surface area contributed by atoms with E-state index in [9.17, 15) is 10.2 Å². The summed E-state index contributed by atoms with van der Waals surface area (Å²) in [7, 11) is 0. The van der Waals surface area contributed by atoms with Crippen LogP contribution in [0.3, 0.4) is 0 Å². The number of anilines is 1. The van der Waals surface area contributed by atoms with Crippen molar-refractivity contribution in [2.45, 2.75) is 31.0 Å². The molecule has 9 heteroatoms. The average Bonchev–Trinajstić information content (AvgIpc) is 2.96. The van der Waals surface area contributed by atoms with Crippen LogP contribution in [-0.2, 0) is 4.74 Å². The highest BCUT2D eigenvalue weighted by atomic mass is 16.6. The molecule has 0 bridgehead atoms. The van der Waals surface area contributed by atoms with Crippen LogP contribution >= 0.6 is 0 Å². The lowest BCUT2D eigenvalue weighted by Gasteiger charge is -2.25. The highest BCUT2D eigenvalue weighted by molar-refractivity contribution is 5.81. The van der Waals surface area contributed by atoms with Crippen molar-refractivity contribution in [3.63, 3.8) is 0 Å². The molecule has 20 heavy (non-hydrogen) atoms. The molecule has 4 atom stereocenters. The van der Waals surface area contributed by atoms with Crippen LogP contribution in [0.1, 0.15) is 13.2 Å². The molecule has 9 nitrogen and oxygen atoms in total. The number of imidazole rings is 1. The second kappa shape index (κ2) is 4.35. The number of rotatable bonds is 2. The van der Waals surface area contributed by atoms with Gasteiger partial charge >= 0.3 is 0 Å². The monoisotopic (exact) mass is 280 g/mol. The number of hydrogen-bond donors (Lipinski definition) is 4. The Morgan fingerprint density at radius 2 is 2.15 bits per heavy atom. The largest absolute Gasteiger partial charge is 0.387 e. The molecule has 0 aromatic carbocycles. The fourth-order valence-corrected chi connectivity index (χ4v) is 2.38. The molecule has 1 saturated heterocycles. The van der Waals surface area contributed by atoms with Gasteiger partial charge < -0.3 is 26.4 Å². The van der Waals surface area contributed by atoms with E-state index in [-0.39, 0.29) is 12.4 Å². The molecule has 1 aliphatic rings. The summed E-state index contributed by atoms with van der Waals surface area (Å²) in [4.78, 5) is 12.0. The first-order valence-corrected chi connectivity index (χ1v) is 6.15. The van der Waals surface area contributed by atoms with Crippen molar-refractivity contribution >= 4 is 17.0 Å². The van der Waals surface area contributed by atoms with Gasteiger partial charge in [0.05, 0.1) is 6.33 Å². The molecular formula is C11H16N6O3. The van der Waals surface area contributed by atoms with Crippen molar-refractivity contribution in [2.75, 3.05) is 12.3 Å². The van der Waals surface area contributed by atoms with E-state index in [1.165, 1.54) is 17.2 Å². The van der Waals surface area contributed by atoms with Gasteiger partial charge in [0.1, 0.15) is 29.7 Å². The van der Waals surface area contributed by atoms with Gasteiger partial charge in [-0.1, -0.05) is 0 Å². The zero-order valence-electron chi connectivity index (χ0n) is 10.8. The van der Waals surface area contributed by atoms with Gasteiger partial charge in [-0.05, 0) is 6.92 Å². The smallest absolute Gasteiger partial charge is 0.167 e. The van der Waals surface area contributed by atoms with Crippen LogP contribution in [0.4, 0.5) is 5.82 Å². The fraction of sp³-hybridized carbons (Fsp3) is 0.545. The van der Waals surface area contributed by atoms with Crippen LogP contribution in [-0.4, -0.2) is 54.1 Å². The Kier molecular flexibility index (Phi) is 2.87. The third-order valence-corrected chi connectivity index (χ3v) is 3.70. The number of aromatic nitrogens is 4. The molecule has 0 saturated carbocycles. The Labute approximate surface area is 114 Å². The second-order valence-corrected chi connectivity index (χ2v) is 5.04. The van der Waals surface area contributed by atoms with E-state index >= 15 is 0 Å². The molecule has 1 aliphatic heterocycles. The number of nitrogens with two attached hydrogens (primary N) is 2. The summed E-state index contributed by atoms with van der Waals surface area (Å²) in [6.45, 7) is 1.72. The first-order chi connectivity index (χ1) is 9.48. The van der Waals surface area contributed by atoms with Gasteiger partial charge in [-0.15, -0.1) is 0 Å². The number of fused-ring (bicyclic) bond motifs is 1. The summed E-state index contributed by atoms with van der Waals surface area (Å²) < 4.78 is 7.23. The number of nitrogens with zero attached hydrogens (tertiary/aromatic N) is 4. The zero-order valence-corrected chi connectivity index (χ0v) is 10.8. The summed E-state index contributed by atoms with van der Waals surface area (Å²) in [5.74, 6) is 0.239. The molecule has 1 fully saturated rings. The van der Waals surface area contributed by atoms with Crippen LogP contribution in [0.2, 0.25) is 0 Å². The molecule has 0 amide bonds. The standard InChI is InChI=1S/C11H16N6O3/c1-11(2-12)7(19)6(18)10(20-11)17-4-16-5-8(13)14-3-15-9(5)17/h3-4,6-7,10,18-19H,2,12H2,1H3,(H2,13,14,15). The quantitative estimate of drug-likeness (QED) is 0.513. The first kappa shape index (κ1) is 13.2. The van der Waals surface area contributed by atoms with Crippen molar-refractivity contribution in [1.82, 2.24) is 19.5 Å². The SMILES string of the molecule is CC1(CN)OC(n2cnc3c(N)ncnc32)C(O)C1O. The highest BCUT2D eigenvalue weighted by Crippen LogP contribution is 2.37. The lowest BCUT2D eigenvalue weighted by Crippen LogP contribution is -2.46. The third-order valence-electron chi connectivity index (χ3n) is 3.70. The van der Waals surface area contributed by atoms with Gasteiger partial charge in [0.25, 0.3) is 0 Å². The van der Waals surface area contributed by atoms with Gasteiger partial charge in [0.15, 0.2) is 17.7 Å². The maximum absolute atomic E-state index is 10.2. The summed E-state index contributed by atoms with van der Waals surface area (Å²) in [5.41, 5.74) is 11.1. The lowest BCUT2D eigenvalue weighted by molar-refractivity contribution is -0.0854. The van der Waals surface area contributed by atoms with Gasteiger partial charge in [-0.25, -0.2) is 15.0 Å². The van der Waals surface area contributed by atoms with Gasteiger partial charge in [-0.3, -0.25) is 4.57 Å². The minimum absolute atomic E-state index is 0.0749. The Balaban J connectivity index is 2.06. The minimum atomic E-state index is -1.14. The molecule has 0 spiro atoms. The molecule has 4 unspecified atom stereocenters. The van der Waals surface area contributed by atoms with E-state index in [1.807, 2.05) is 0 Å². The van der Waals surface area contributed by atoms with Crippen LogP contribution in [0.5, 0.6) is 0 Å². The summed E-state index contributed by atoms with van der Waals surface area (Å²) >= 11 is 0. The van der Waals surface area contributed by atoms with Crippen molar-refractivity contribution in [3.05, 3.63) is 12.7 Å². The van der Waals surface area contributed by atoms with Gasteiger partial charge in [0.2, 0.25) is 0 Å². The van der Waals surface area contributed by atoms with Gasteiger partial charge in [-0.2, -0.15) is 0 Å². The number of aliphatic hydroxyl groups is 2. The zero-order chi connectivity index (χ0) is 14.5. The summed E-state index contributed by atoms with van der Waals surface area (Å²) in [5, 5.41) is 20.2. The maximum atomic E-state index is 10.2. The first-order valence-electron chi connectivity index (χ1n) is 6.15. The normalized spacial score (nSPS) is 33.9. The molecule has 6 N–H and O–H groups in total. The molecular weight excluding hydrogens is 264 g/mol. The van der Waals surface area contributed by atoms with E-state index < -0.39 is 24.0 Å². The lowest BCUT2D eigenvalue weighted by atomic mass is 9.98. The topological polar surface area (TPSA) is 145 Å². The van der Waals surface area contributed by atoms with Crippen LogP contribution < -0.4 is 11.5 Å². The van der Waals surface area contributed by atoms with Crippen molar-refractivity contribution in [1.29, 1.82) is 0 Å². The molecule has 0 radical (unpaired) electrons. The number of hydrogen-bond acceptors (Lipinski definition) is 8. The second-order valence-electron chi connectivity index (χ2n) is 5.04. The number of ether oxygens (including phenoxy) is 1. The molecule has 3 rings (SSSR count). The van der Waals surface area contributed by atoms with Crippen molar-refractivity contribution in [2.24, 2.45) is 5.73 Å². The molecule has 108 valence electrons. The third kappa shape index (κ3) is 1.68. The molecule has 0 aliphatic carbocycles. The summed E-state index contributed by atoms with van der Waals surface area (Å²) in [6.07, 6.45) is -0.335. The summed E-state index contributed by atoms with van der Waals surface area (Å²) in [6, 6.07) is 0. The van der Waals surface area contributed by atoms with Crippen molar-refractivity contribution < 1.29 is 14.9 Å². The Morgan fingerprint density at radius 3 is 2.80 bits per heavy atom. The fourth-order valence-electron chi connectivity index (χ4n) is 2.38.